The van der Waals surface area contributed by atoms with Crippen LogP contribution in [0.3, 0.4) is 0 Å². The van der Waals surface area contributed by atoms with Crippen molar-refractivity contribution >= 4 is 10.0 Å². The lowest BCUT2D eigenvalue weighted by Gasteiger charge is -2.13. The molecule has 3 aromatic rings. The van der Waals surface area contributed by atoms with Gasteiger partial charge < -0.3 is 9.47 Å². The zero-order chi connectivity index (χ0) is 20.3. The van der Waals surface area contributed by atoms with E-state index in [9.17, 15) is 8.42 Å². The molecule has 0 heterocycles. The number of nitriles is 1. The van der Waals surface area contributed by atoms with Crippen LogP contribution in [0.25, 0.3) is 11.1 Å². The Labute approximate surface area is 163 Å². The highest BCUT2D eigenvalue weighted by atomic mass is 32.2. The smallest absolute Gasteiger partial charge is 0.241 e. The Balaban J connectivity index is 2.00. The molecule has 0 spiro atoms. The van der Waals surface area contributed by atoms with Crippen LogP contribution < -0.4 is 14.6 Å². The first-order valence-electron chi connectivity index (χ1n) is 8.31. The number of rotatable bonds is 5. The van der Waals surface area contributed by atoms with Crippen molar-refractivity contribution in [2.24, 2.45) is 5.14 Å². The van der Waals surface area contributed by atoms with Gasteiger partial charge in [0.2, 0.25) is 10.0 Å². The summed E-state index contributed by atoms with van der Waals surface area (Å²) in [6.07, 6.45) is 0. The van der Waals surface area contributed by atoms with E-state index in [2.05, 4.69) is 0 Å². The first-order valence-corrected chi connectivity index (χ1v) is 9.86. The van der Waals surface area contributed by atoms with Gasteiger partial charge >= 0.3 is 0 Å². The molecule has 2 N–H and O–H groups in total. The Bertz CT molecular complexity index is 1160. The second-order valence-electron chi connectivity index (χ2n) is 6.13. The molecule has 0 aliphatic heterocycles. The summed E-state index contributed by atoms with van der Waals surface area (Å²) in [5.41, 5.74) is 2.66. The van der Waals surface area contributed by atoms with Crippen LogP contribution in [0.4, 0.5) is 0 Å². The van der Waals surface area contributed by atoms with Crippen molar-refractivity contribution < 1.29 is 17.9 Å². The molecule has 0 atom stereocenters. The van der Waals surface area contributed by atoms with Gasteiger partial charge in [0, 0.05) is 0 Å². The maximum atomic E-state index is 11.9. The molecule has 0 aliphatic rings. The molecule has 0 aromatic heterocycles. The van der Waals surface area contributed by atoms with E-state index in [1.807, 2.05) is 42.5 Å². The molecule has 7 heteroatoms. The molecule has 0 fully saturated rings. The van der Waals surface area contributed by atoms with Crippen molar-refractivity contribution in [3.63, 3.8) is 0 Å². The van der Waals surface area contributed by atoms with Crippen LogP contribution in [0.15, 0.2) is 65.6 Å². The summed E-state index contributed by atoms with van der Waals surface area (Å²) in [5, 5.41) is 14.5. The Morgan fingerprint density at radius 1 is 0.964 bits per heavy atom. The van der Waals surface area contributed by atoms with E-state index in [0.717, 1.165) is 16.9 Å². The fourth-order valence-corrected chi connectivity index (χ4v) is 3.40. The number of hydrogen-bond donors (Lipinski definition) is 1. The number of nitrogens with two attached hydrogens (primary N) is 1. The van der Waals surface area contributed by atoms with E-state index in [1.54, 1.807) is 26.2 Å². The van der Waals surface area contributed by atoms with Crippen LogP contribution in [0.1, 0.15) is 11.1 Å². The van der Waals surface area contributed by atoms with Gasteiger partial charge in [0.25, 0.3) is 0 Å². The summed E-state index contributed by atoms with van der Waals surface area (Å²) in [4.78, 5) is -0.232. The fraction of sp³-hybridized carbons (Fsp3) is 0.0952. The average Bonchev–Trinajstić information content (AvgIpc) is 2.67. The molecule has 0 aliphatic carbocycles. The number of ether oxygens (including phenoxy) is 2. The highest BCUT2D eigenvalue weighted by molar-refractivity contribution is 7.89. The van der Waals surface area contributed by atoms with Gasteiger partial charge in [-0.05, 0) is 60.0 Å². The van der Waals surface area contributed by atoms with Gasteiger partial charge in [0.05, 0.1) is 18.7 Å². The van der Waals surface area contributed by atoms with Crippen LogP contribution in [0.2, 0.25) is 0 Å². The number of methoxy groups -OCH3 is 1. The van der Waals surface area contributed by atoms with E-state index < -0.39 is 10.0 Å². The molecule has 28 heavy (non-hydrogen) atoms. The lowest BCUT2D eigenvalue weighted by molar-refractivity contribution is 0.415. The second-order valence-corrected chi connectivity index (χ2v) is 7.66. The summed E-state index contributed by atoms with van der Waals surface area (Å²) in [6, 6.07) is 19.5. The summed E-state index contributed by atoms with van der Waals surface area (Å²) in [6.45, 7) is 1.70. The zero-order valence-corrected chi connectivity index (χ0v) is 16.2. The highest BCUT2D eigenvalue weighted by Crippen LogP contribution is 2.33. The Hall–Kier alpha value is -3.34. The number of benzene rings is 3. The number of sulfonamides is 1. The summed E-state index contributed by atoms with van der Waals surface area (Å²) < 4.78 is 34.9. The third kappa shape index (κ3) is 4.14. The first-order chi connectivity index (χ1) is 13.3. The molecule has 0 bridgehead atoms. The zero-order valence-electron chi connectivity index (χ0n) is 15.3. The van der Waals surface area contributed by atoms with Crippen LogP contribution in [-0.2, 0) is 10.0 Å². The van der Waals surface area contributed by atoms with Crippen LogP contribution in [-0.4, -0.2) is 15.5 Å². The third-order valence-corrected chi connectivity index (χ3v) is 5.13. The van der Waals surface area contributed by atoms with Crippen molar-refractivity contribution in [2.45, 2.75) is 11.8 Å². The lowest BCUT2D eigenvalue weighted by atomic mass is 10.1. The molecular formula is C21H18N2O4S. The number of nitrogens with zero attached hydrogens (tertiary/aromatic N) is 1. The standard InChI is InChI=1S/C21H18N2O4S/c1-14-10-20(21(28(23,24)25)12-17(14)13-22)27-19-5-3-4-16(11-19)15-6-8-18(26-2)9-7-15/h3-12H,1-2H3,(H2,23,24,25). The minimum atomic E-state index is -4.06. The Morgan fingerprint density at radius 2 is 1.68 bits per heavy atom. The summed E-state index contributed by atoms with van der Waals surface area (Å²) in [5.74, 6) is 1.27. The van der Waals surface area contributed by atoms with E-state index in [-0.39, 0.29) is 16.2 Å². The van der Waals surface area contributed by atoms with Crippen molar-refractivity contribution in [2.75, 3.05) is 7.11 Å². The lowest BCUT2D eigenvalue weighted by Crippen LogP contribution is -2.14. The van der Waals surface area contributed by atoms with Crippen LogP contribution in [0.5, 0.6) is 17.2 Å². The van der Waals surface area contributed by atoms with Crippen molar-refractivity contribution in [1.29, 1.82) is 5.26 Å². The van der Waals surface area contributed by atoms with Crippen molar-refractivity contribution in [1.82, 2.24) is 0 Å². The molecule has 3 rings (SSSR count). The number of hydrogen-bond acceptors (Lipinski definition) is 5. The molecule has 0 saturated heterocycles. The molecule has 0 unspecified atom stereocenters. The first kappa shape index (κ1) is 19.4. The van der Waals surface area contributed by atoms with Crippen molar-refractivity contribution in [3.8, 4) is 34.4 Å². The SMILES string of the molecule is COc1ccc(-c2cccc(Oc3cc(C)c(C#N)cc3S(N)(=O)=O)c2)cc1. The van der Waals surface area contributed by atoms with Gasteiger partial charge in [0.15, 0.2) is 0 Å². The predicted molar refractivity (Wildman–Crippen MR) is 106 cm³/mol. The minimum Gasteiger partial charge on any atom is -0.497 e. The quantitative estimate of drug-likeness (QED) is 0.705. The van der Waals surface area contributed by atoms with Gasteiger partial charge in [-0.15, -0.1) is 0 Å². The molecule has 142 valence electrons. The highest BCUT2D eigenvalue weighted by Gasteiger charge is 2.19. The maximum Gasteiger partial charge on any atom is 0.241 e. The Morgan fingerprint density at radius 3 is 2.29 bits per heavy atom. The van der Waals surface area contributed by atoms with Crippen molar-refractivity contribution in [3.05, 3.63) is 71.8 Å². The molecule has 3 aromatic carbocycles. The molecule has 0 radical (unpaired) electrons. The summed E-state index contributed by atoms with van der Waals surface area (Å²) >= 11 is 0. The second kappa shape index (κ2) is 7.72. The maximum absolute atomic E-state index is 11.9. The molecule has 6 nitrogen and oxygen atoms in total. The fourth-order valence-electron chi connectivity index (χ4n) is 2.73. The van der Waals surface area contributed by atoms with Gasteiger partial charge in [0.1, 0.15) is 22.1 Å². The third-order valence-electron chi connectivity index (χ3n) is 4.20. The minimum absolute atomic E-state index is 0.0749. The predicted octanol–water partition coefficient (Wildman–Crippen LogP) is 3.98. The largest absolute Gasteiger partial charge is 0.497 e. The van der Waals surface area contributed by atoms with E-state index >= 15 is 0 Å². The van der Waals surface area contributed by atoms with E-state index in [0.29, 0.717) is 11.3 Å². The van der Waals surface area contributed by atoms with Gasteiger partial charge in [-0.2, -0.15) is 5.26 Å². The van der Waals surface area contributed by atoms with E-state index in [4.69, 9.17) is 19.9 Å². The monoisotopic (exact) mass is 394 g/mol. The van der Waals surface area contributed by atoms with Gasteiger partial charge in [-0.25, -0.2) is 13.6 Å². The van der Waals surface area contributed by atoms with Crippen LogP contribution >= 0.6 is 0 Å². The normalized spacial score (nSPS) is 10.9. The Kier molecular flexibility index (Phi) is 5.36. The molecule has 0 saturated carbocycles. The van der Waals surface area contributed by atoms with E-state index in [1.165, 1.54) is 12.1 Å². The number of aryl methyl sites for hydroxylation is 1. The number of primary sulfonamides is 1. The topological polar surface area (TPSA) is 102 Å². The van der Waals surface area contributed by atoms with Crippen LogP contribution in [0, 0.1) is 18.3 Å². The molecule has 0 amide bonds. The van der Waals surface area contributed by atoms with Gasteiger partial charge in [-0.1, -0.05) is 24.3 Å². The molecular weight excluding hydrogens is 376 g/mol. The summed E-state index contributed by atoms with van der Waals surface area (Å²) in [7, 11) is -2.46. The van der Waals surface area contributed by atoms with Gasteiger partial charge in [-0.3, -0.25) is 0 Å². The average molecular weight is 394 g/mol.